The van der Waals surface area contributed by atoms with Crippen LogP contribution in [-0.2, 0) is 14.8 Å². The molecule has 2 atom stereocenters. The molecule has 0 aliphatic carbocycles. The van der Waals surface area contributed by atoms with Crippen molar-refractivity contribution in [2.75, 3.05) is 26.2 Å². The third kappa shape index (κ3) is 5.45. The highest BCUT2D eigenvalue weighted by Crippen LogP contribution is 2.29. The Morgan fingerprint density at radius 2 is 1.57 bits per heavy atom. The number of carbonyl (C=O) groups is 1. The number of carbonyl (C=O) groups excluding carboxylic acids is 1. The fourth-order valence-corrected chi connectivity index (χ4v) is 5.13. The van der Waals surface area contributed by atoms with Crippen LogP contribution < -0.4 is 15.4 Å². The molecule has 0 aromatic heterocycles. The van der Waals surface area contributed by atoms with Crippen LogP contribution in [0.4, 0.5) is 0 Å². The third-order valence-corrected chi connectivity index (χ3v) is 7.44. The number of hydrogen-bond acceptors (Lipinski definition) is 5. The molecule has 9 heteroatoms. The van der Waals surface area contributed by atoms with Gasteiger partial charge in [0, 0.05) is 38.5 Å². The standard InChI is InChI=1S/C19H31N3O4S.ClH/c1-11-12(2)14(4)19(15(5)13(11)3)27(25,26)22-7-6-18(24)21-9-16-8-20-10-17(16)23;/h16-17,20,22-23H,6-10H2,1-5H3,(H,21,24);1H. The molecular weight excluding hydrogens is 402 g/mol. The van der Waals surface area contributed by atoms with Crippen LogP contribution in [0.15, 0.2) is 4.90 Å². The molecule has 160 valence electrons. The van der Waals surface area contributed by atoms with E-state index in [4.69, 9.17) is 0 Å². The van der Waals surface area contributed by atoms with Crippen LogP contribution in [0.5, 0.6) is 0 Å². The Hall–Kier alpha value is -1.19. The molecule has 1 aromatic carbocycles. The van der Waals surface area contributed by atoms with E-state index in [0.717, 1.165) is 27.8 Å². The summed E-state index contributed by atoms with van der Waals surface area (Å²) < 4.78 is 28.1. The lowest BCUT2D eigenvalue weighted by atomic mass is 9.95. The molecule has 0 saturated carbocycles. The average Bonchev–Trinajstić information content (AvgIpc) is 3.01. The van der Waals surface area contributed by atoms with Crippen LogP contribution in [0.1, 0.15) is 34.2 Å². The first kappa shape index (κ1) is 24.8. The van der Waals surface area contributed by atoms with Gasteiger partial charge in [-0.1, -0.05) is 0 Å². The van der Waals surface area contributed by atoms with Crippen molar-refractivity contribution in [3.8, 4) is 0 Å². The molecule has 1 heterocycles. The van der Waals surface area contributed by atoms with Gasteiger partial charge in [-0.15, -0.1) is 12.4 Å². The molecule has 1 saturated heterocycles. The number of sulfonamides is 1. The Labute approximate surface area is 174 Å². The molecule has 1 amide bonds. The Balaban J connectivity index is 0.00000392. The minimum Gasteiger partial charge on any atom is -0.391 e. The van der Waals surface area contributed by atoms with Gasteiger partial charge in [-0.2, -0.15) is 0 Å². The van der Waals surface area contributed by atoms with Gasteiger partial charge in [-0.25, -0.2) is 13.1 Å². The van der Waals surface area contributed by atoms with E-state index in [0.29, 0.717) is 24.5 Å². The lowest BCUT2D eigenvalue weighted by molar-refractivity contribution is -0.121. The zero-order valence-electron chi connectivity index (χ0n) is 17.2. The number of halogens is 1. The highest BCUT2D eigenvalue weighted by Gasteiger charge is 2.26. The van der Waals surface area contributed by atoms with Crippen molar-refractivity contribution in [3.05, 3.63) is 27.8 Å². The van der Waals surface area contributed by atoms with E-state index in [1.54, 1.807) is 0 Å². The van der Waals surface area contributed by atoms with Gasteiger partial charge >= 0.3 is 0 Å². The van der Waals surface area contributed by atoms with Crippen LogP contribution in [0, 0.1) is 40.5 Å². The van der Waals surface area contributed by atoms with Gasteiger partial charge in [0.05, 0.1) is 11.0 Å². The molecule has 2 unspecified atom stereocenters. The van der Waals surface area contributed by atoms with Gasteiger partial charge in [0.2, 0.25) is 15.9 Å². The van der Waals surface area contributed by atoms with E-state index in [1.807, 2.05) is 34.6 Å². The van der Waals surface area contributed by atoms with Crippen molar-refractivity contribution in [1.82, 2.24) is 15.4 Å². The molecule has 7 nitrogen and oxygen atoms in total. The van der Waals surface area contributed by atoms with Crippen LogP contribution in [0.2, 0.25) is 0 Å². The first-order valence-corrected chi connectivity index (χ1v) is 10.8. The van der Waals surface area contributed by atoms with E-state index in [9.17, 15) is 18.3 Å². The summed E-state index contributed by atoms with van der Waals surface area (Å²) in [5.74, 6) is -0.240. The molecule has 1 aromatic rings. The van der Waals surface area contributed by atoms with Crippen molar-refractivity contribution in [1.29, 1.82) is 0 Å². The van der Waals surface area contributed by atoms with E-state index < -0.39 is 16.1 Å². The minimum atomic E-state index is -3.70. The Morgan fingerprint density at radius 1 is 1.04 bits per heavy atom. The van der Waals surface area contributed by atoms with Crippen molar-refractivity contribution < 1.29 is 18.3 Å². The van der Waals surface area contributed by atoms with Gasteiger partial charge < -0.3 is 15.7 Å². The molecule has 4 N–H and O–H groups in total. The molecule has 0 bridgehead atoms. The fraction of sp³-hybridized carbons (Fsp3) is 0.632. The monoisotopic (exact) mass is 433 g/mol. The maximum absolute atomic E-state index is 12.8. The molecule has 1 fully saturated rings. The Kier molecular flexibility index (Phi) is 8.90. The fourth-order valence-electron chi connectivity index (χ4n) is 3.50. The summed E-state index contributed by atoms with van der Waals surface area (Å²) >= 11 is 0. The average molecular weight is 434 g/mol. The normalized spacial score (nSPS) is 19.4. The number of hydrogen-bond donors (Lipinski definition) is 4. The third-order valence-electron chi connectivity index (χ3n) is 5.71. The first-order valence-electron chi connectivity index (χ1n) is 9.28. The summed E-state index contributed by atoms with van der Waals surface area (Å²) in [4.78, 5) is 12.3. The number of nitrogens with one attached hydrogen (secondary N) is 3. The minimum absolute atomic E-state index is 0. The summed E-state index contributed by atoms with van der Waals surface area (Å²) in [6.45, 7) is 11.1. The van der Waals surface area contributed by atoms with Crippen molar-refractivity contribution in [2.45, 2.75) is 52.0 Å². The lowest BCUT2D eigenvalue weighted by Crippen LogP contribution is -2.36. The maximum atomic E-state index is 12.8. The molecular formula is C19H32ClN3O4S. The van der Waals surface area contributed by atoms with Gasteiger partial charge in [0.15, 0.2) is 0 Å². The second-order valence-electron chi connectivity index (χ2n) is 7.39. The number of β-amino-alcohol motifs (C(OH)–C–C–N with tert-alkyl or cyclic N) is 1. The van der Waals surface area contributed by atoms with Gasteiger partial charge in [-0.05, 0) is 62.4 Å². The highest BCUT2D eigenvalue weighted by molar-refractivity contribution is 7.89. The van der Waals surface area contributed by atoms with Crippen LogP contribution >= 0.6 is 12.4 Å². The predicted octanol–water partition coefficient (Wildman–Crippen LogP) is 1.02. The maximum Gasteiger partial charge on any atom is 0.241 e. The summed E-state index contributed by atoms with van der Waals surface area (Å²) in [5, 5.41) is 15.5. The van der Waals surface area contributed by atoms with E-state index in [-0.39, 0.29) is 37.2 Å². The quantitative estimate of drug-likeness (QED) is 0.513. The molecule has 28 heavy (non-hydrogen) atoms. The summed E-state index contributed by atoms with van der Waals surface area (Å²) in [5.41, 5.74) is 4.54. The number of aliphatic hydroxyl groups excluding tert-OH is 1. The Morgan fingerprint density at radius 3 is 2.07 bits per heavy atom. The van der Waals surface area contributed by atoms with Gasteiger partial charge in [-0.3, -0.25) is 4.79 Å². The SMILES string of the molecule is Cc1c(C)c(C)c(S(=O)(=O)NCCC(=O)NCC2CNCC2O)c(C)c1C.Cl. The smallest absolute Gasteiger partial charge is 0.241 e. The molecule has 0 radical (unpaired) electrons. The largest absolute Gasteiger partial charge is 0.391 e. The number of amides is 1. The highest BCUT2D eigenvalue weighted by atomic mass is 35.5. The molecule has 1 aliphatic rings. The van der Waals surface area contributed by atoms with Gasteiger partial charge in [0.1, 0.15) is 0 Å². The van der Waals surface area contributed by atoms with Crippen LogP contribution in [-0.4, -0.2) is 51.7 Å². The van der Waals surface area contributed by atoms with Crippen molar-refractivity contribution >= 4 is 28.3 Å². The molecule has 1 aliphatic heterocycles. The zero-order valence-corrected chi connectivity index (χ0v) is 18.8. The van der Waals surface area contributed by atoms with Gasteiger partial charge in [0.25, 0.3) is 0 Å². The summed E-state index contributed by atoms with van der Waals surface area (Å²) in [7, 11) is -3.70. The summed E-state index contributed by atoms with van der Waals surface area (Å²) in [6.07, 6.45) is -0.403. The van der Waals surface area contributed by atoms with Crippen molar-refractivity contribution in [3.63, 3.8) is 0 Å². The second-order valence-corrected chi connectivity index (χ2v) is 9.10. The van der Waals surface area contributed by atoms with E-state index in [1.165, 1.54) is 0 Å². The second kappa shape index (κ2) is 10.0. The lowest BCUT2D eigenvalue weighted by Gasteiger charge is -2.19. The molecule has 2 rings (SSSR count). The topological polar surface area (TPSA) is 108 Å². The number of benzene rings is 1. The number of aliphatic hydroxyl groups is 1. The van der Waals surface area contributed by atoms with Crippen LogP contribution in [0.25, 0.3) is 0 Å². The van der Waals surface area contributed by atoms with E-state index in [2.05, 4.69) is 15.4 Å². The molecule has 0 spiro atoms. The number of rotatable bonds is 7. The van der Waals surface area contributed by atoms with Crippen LogP contribution in [0.3, 0.4) is 0 Å². The Bertz CT molecular complexity index is 798. The van der Waals surface area contributed by atoms with Crippen molar-refractivity contribution in [2.24, 2.45) is 5.92 Å². The first-order chi connectivity index (χ1) is 12.6. The summed E-state index contributed by atoms with van der Waals surface area (Å²) in [6, 6.07) is 0. The predicted molar refractivity (Wildman–Crippen MR) is 113 cm³/mol. The zero-order chi connectivity index (χ0) is 20.4. The van der Waals surface area contributed by atoms with E-state index >= 15 is 0 Å².